The van der Waals surface area contributed by atoms with Crippen LogP contribution in [0, 0.1) is 5.92 Å². The van der Waals surface area contributed by atoms with Crippen molar-refractivity contribution in [3.05, 3.63) is 0 Å². The van der Waals surface area contributed by atoms with E-state index in [4.69, 9.17) is 4.74 Å². The smallest absolute Gasteiger partial charge is 0.0628 e. The van der Waals surface area contributed by atoms with Crippen molar-refractivity contribution in [3.63, 3.8) is 0 Å². The number of fused-ring (bicyclic) bond motifs is 1. The monoisotopic (exact) mass is 156 g/mol. The summed E-state index contributed by atoms with van der Waals surface area (Å²) in [5.74, 6) is 0.456. The third-order valence-corrected chi connectivity index (χ3v) is 2.99. The van der Waals surface area contributed by atoms with Crippen LogP contribution in [0.2, 0.25) is 0 Å². The van der Waals surface area contributed by atoms with Crippen LogP contribution in [0.1, 0.15) is 32.1 Å². The van der Waals surface area contributed by atoms with Gasteiger partial charge in [-0.3, -0.25) is 0 Å². The molecule has 1 saturated heterocycles. The quantitative estimate of drug-likeness (QED) is 0.573. The van der Waals surface area contributed by atoms with Gasteiger partial charge in [0.05, 0.1) is 12.2 Å². The molecule has 0 amide bonds. The van der Waals surface area contributed by atoms with Crippen molar-refractivity contribution >= 4 is 0 Å². The maximum atomic E-state index is 9.62. The van der Waals surface area contributed by atoms with E-state index in [0.29, 0.717) is 12.0 Å². The second kappa shape index (κ2) is 3.11. The van der Waals surface area contributed by atoms with Gasteiger partial charge in [-0.25, -0.2) is 0 Å². The van der Waals surface area contributed by atoms with E-state index in [1.54, 1.807) is 0 Å². The van der Waals surface area contributed by atoms with Crippen LogP contribution in [-0.2, 0) is 4.74 Å². The van der Waals surface area contributed by atoms with Crippen molar-refractivity contribution in [1.29, 1.82) is 0 Å². The number of aliphatic hydroxyl groups excluding tert-OH is 1. The fourth-order valence-corrected chi connectivity index (χ4v) is 2.33. The predicted octanol–water partition coefficient (Wildman–Crippen LogP) is 1.33. The standard InChI is InChI=1S/C9H16O2/c10-8-5-6-11-9-4-2-1-3-7(8)9/h7-10H,1-6H2/t7-,8+,9+/m0/s1. The van der Waals surface area contributed by atoms with Gasteiger partial charge in [0.1, 0.15) is 0 Å². The Kier molecular flexibility index (Phi) is 2.14. The van der Waals surface area contributed by atoms with Gasteiger partial charge in [-0.05, 0) is 19.3 Å². The molecular formula is C9H16O2. The van der Waals surface area contributed by atoms with Crippen molar-refractivity contribution < 1.29 is 9.84 Å². The Bertz CT molecular complexity index is 134. The van der Waals surface area contributed by atoms with Crippen LogP contribution >= 0.6 is 0 Å². The molecular weight excluding hydrogens is 140 g/mol. The van der Waals surface area contributed by atoms with Gasteiger partial charge < -0.3 is 9.84 Å². The van der Waals surface area contributed by atoms with Crippen LogP contribution in [0.4, 0.5) is 0 Å². The Morgan fingerprint density at radius 1 is 1.09 bits per heavy atom. The van der Waals surface area contributed by atoms with E-state index in [-0.39, 0.29) is 6.10 Å². The highest BCUT2D eigenvalue weighted by atomic mass is 16.5. The number of hydrogen-bond donors (Lipinski definition) is 1. The van der Waals surface area contributed by atoms with Crippen molar-refractivity contribution in [1.82, 2.24) is 0 Å². The SMILES string of the molecule is O[C@@H]1CCO[C@@H]2CCCC[C@@H]12. The van der Waals surface area contributed by atoms with Crippen molar-refractivity contribution in [2.45, 2.75) is 44.3 Å². The molecule has 1 N–H and O–H groups in total. The van der Waals surface area contributed by atoms with E-state index in [1.165, 1.54) is 25.7 Å². The number of ether oxygens (including phenoxy) is 1. The van der Waals surface area contributed by atoms with E-state index in [1.807, 2.05) is 0 Å². The second-order valence-corrected chi connectivity index (χ2v) is 3.71. The van der Waals surface area contributed by atoms with Crippen LogP contribution in [0.25, 0.3) is 0 Å². The van der Waals surface area contributed by atoms with Crippen LogP contribution in [-0.4, -0.2) is 23.9 Å². The van der Waals surface area contributed by atoms with Gasteiger partial charge in [0.2, 0.25) is 0 Å². The average Bonchev–Trinajstić information content (AvgIpc) is 2.06. The molecule has 0 aromatic carbocycles. The molecule has 0 bridgehead atoms. The lowest BCUT2D eigenvalue weighted by molar-refractivity contribution is -0.108. The molecule has 1 heterocycles. The highest BCUT2D eigenvalue weighted by Gasteiger charge is 2.34. The second-order valence-electron chi connectivity index (χ2n) is 3.71. The molecule has 1 aliphatic carbocycles. The minimum atomic E-state index is -0.0750. The highest BCUT2D eigenvalue weighted by Crippen LogP contribution is 2.33. The van der Waals surface area contributed by atoms with Gasteiger partial charge in [0, 0.05) is 12.5 Å². The van der Waals surface area contributed by atoms with E-state index in [0.717, 1.165) is 13.0 Å². The summed E-state index contributed by atoms with van der Waals surface area (Å²) >= 11 is 0. The zero-order chi connectivity index (χ0) is 7.68. The van der Waals surface area contributed by atoms with Gasteiger partial charge in [-0.2, -0.15) is 0 Å². The molecule has 0 aromatic rings. The van der Waals surface area contributed by atoms with Crippen molar-refractivity contribution in [2.75, 3.05) is 6.61 Å². The van der Waals surface area contributed by atoms with Crippen LogP contribution in [0.5, 0.6) is 0 Å². The summed E-state index contributed by atoms with van der Waals surface area (Å²) < 4.78 is 5.59. The first-order chi connectivity index (χ1) is 5.38. The van der Waals surface area contributed by atoms with E-state index in [9.17, 15) is 5.11 Å². The number of aliphatic hydroxyl groups is 1. The summed E-state index contributed by atoms with van der Waals surface area (Å²) in [6, 6.07) is 0. The van der Waals surface area contributed by atoms with Gasteiger partial charge in [0.25, 0.3) is 0 Å². The average molecular weight is 156 g/mol. The highest BCUT2D eigenvalue weighted by molar-refractivity contribution is 4.84. The molecule has 2 rings (SSSR count). The van der Waals surface area contributed by atoms with Crippen molar-refractivity contribution in [2.24, 2.45) is 5.92 Å². The normalized spacial score (nSPS) is 45.0. The molecule has 0 radical (unpaired) electrons. The lowest BCUT2D eigenvalue weighted by atomic mass is 9.80. The zero-order valence-corrected chi connectivity index (χ0v) is 6.83. The van der Waals surface area contributed by atoms with Gasteiger partial charge in [0.15, 0.2) is 0 Å². The Morgan fingerprint density at radius 3 is 2.73 bits per heavy atom. The number of hydrogen-bond acceptors (Lipinski definition) is 2. The van der Waals surface area contributed by atoms with Gasteiger partial charge >= 0.3 is 0 Å². The van der Waals surface area contributed by atoms with Crippen LogP contribution in [0.3, 0.4) is 0 Å². The summed E-state index contributed by atoms with van der Waals surface area (Å²) in [4.78, 5) is 0. The maximum Gasteiger partial charge on any atom is 0.0628 e. The molecule has 0 aromatic heterocycles. The lowest BCUT2D eigenvalue weighted by Crippen LogP contribution is -2.41. The molecule has 11 heavy (non-hydrogen) atoms. The van der Waals surface area contributed by atoms with E-state index < -0.39 is 0 Å². The number of rotatable bonds is 0. The summed E-state index contributed by atoms with van der Waals surface area (Å²) in [5.41, 5.74) is 0. The fraction of sp³-hybridized carbons (Fsp3) is 1.00. The first-order valence-electron chi connectivity index (χ1n) is 4.67. The van der Waals surface area contributed by atoms with Crippen LogP contribution in [0.15, 0.2) is 0 Å². The molecule has 64 valence electrons. The van der Waals surface area contributed by atoms with Crippen molar-refractivity contribution in [3.8, 4) is 0 Å². The molecule has 3 atom stereocenters. The zero-order valence-electron chi connectivity index (χ0n) is 6.83. The van der Waals surface area contributed by atoms with Gasteiger partial charge in [-0.15, -0.1) is 0 Å². The molecule has 2 nitrogen and oxygen atoms in total. The molecule has 1 aliphatic heterocycles. The lowest BCUT2D eigenvalue weighted by Gasteiger charge is -2.38. The van der Waals surface area contributed by atoms with Crippen LogP contribution < -0.4 is 0 Å². The molecule has 2 fully saturated rings. The molecule has 0 spiro atoms. The third-order valence-electron chi connectivity index (χ3n) is 2.99. The molecule has 2 aliphatic rings. The Balaban J connectivity index is 1.99. The molecule has 0 unspecified atom stereocenters. The Labute approximate surface area is 67.6 Å². The summed E-state index contributed by atoms with van der Waals surface area (Å²) in [6.07, 6.45) is 6.06. The van der Waals surface area contributed by atoms with E-state index in [2.05, 4.69) is 0 Å². The Hall–Kier alpha value is -0.0800. The maximum absolute atomic E-state index is 9.62. The minimum Gasteiger partial charge on any atom is -0.393 e. The topological polar surface area (TPSA) is 29.5 Å². The minimum absolute atomic E-state index is 0.0750. The first-order valence-corrected chi connectivity index (χ1v) is 4.67. The largest absolute Gasteiger partial charge is 0.393 e. The Morgan fingerprint density at radius 2 is 1.91 bits per heavy atom. The molecule has 2 heteroatoms. The van der Waals surface area contributed by atoms with Gasteiger partial charge in [-0.1, -0.05) is 12.8 Å². The predicted molar refractivity (Wildman–Crippen MR) is 42.3 cm³/mol. The fourth-order valence-electron chi connectivity index (χ4n) is 2.33. The molecule has 1 saturated carbocycles. The summed E-state index contributed by atoms with van der Waals surface area (Å²) in [6.45, 7) is 0.766. The third kappa shape index (κ3) is 1.42. The first kappa shape index (κ1) is 7.56. The van der Waals surface area contributed by atoms with E-state index >= 15 is 0 Å². The summed E-state index contributed by atoms with van der Waals surface area (Å²) in [7, 11) is 0. The summed E-state index contributed by atoms with van der Waals surface area (Å²) in [5, 5.41) is 9.62.